The number of hydrogen-bond donors (Lipinski definition) is 0. The topological polar surface area (TPSA) is 0 Å². The molecule has 1 fully saturated rings. The second kappa shape index (κ2) is 6.51. The Labute approximate surface area is 84.6 Å². The summed E-state index contributed by atoms with van der Waals surface area (Å²) >= 11 is 0. The van der Waals surface area contributed by atoms with Crippen molar-refractivity contribution in [3.05, 3.63) is 0 Å². The van der Waals surface area contributed by atoms with E-state index in [1.807, 2.05) is 0 Å². The lowest BCUT2D eigenvalue weighted by Crippen LogP contribution is -2.04. The molecule has 1 unspecified atom stereocenters. The van der Waals surface area contributed by atoms with Crippen molar-refractivity contribution in [2.45, 2.75) is 71.3 Å². The molecule has 0 amide bonds. The molecule has 0 N–H and O–H groups in total. The third-order valence-corrected chi connectivity index (χ3v) is 3.69. The molecule has 0 saturated carbocycles. The summed E-state index contributed by atoms with van der Waals surface area (Å²) in [5, 5.41) is 0. The van der Waals surface area contributed by atoms with Gasteiger partial charge in [-0.15, -0.1) is 0 Å². The largest absolute Gasteiger partial charge is 0.139 e. The number of unbranched alkanes of at least 4 members (excludes halogenated alkanes) is 3. The molecule has 1 heterocycles. The summed E-state index contributed by atoms with van der Waals surface area (Å²) in [5.41, 5.74) is 0. The van der Waals surface area contributed by atoms with Crippen LogP contribution in [-0.4, -0.2) is 6.71 Å². The van der Waals surface area contributed by atoms with Crippen molar-refractivity contribution >= 4 is 6.71 Å². The molecule has 13 heavy (non-hydrogen) atoms. The van der Waals surface area contributed by atoms with Crippen LogP contribution in [0.4, 0.5) is 0 Å². The highest BCUT2D eigenvalue weighted by atomic mass is 14.1. The molecule has 0 radical (unpaired) electrons. The average Bonchev–Trinajstić information content (AvgIpc) is 2.60. The lowest BCUT2D eigenvalue weighted by Gasteiger charge is -2.08. The molecule has 0 spiro atoms. The van der Waals surface area contributed by atoms with Crippen LogP contribution in [0, 0.1) is 5.92 Å². The highest BCUT2D eigenvalue weighted by Crippen LogP contribution is 2.32. The molecule has 1 saturated heterocycles. The Morgan fingerprint density at radius 3 is 2.62 bits per heavy atom. The summed E-state index contributed by atoms with van der Waals surface area (Å²) in [6, 6.07) is 0. The Kier molecular flexibility index (Phi) is 5.58. The molecular formula is C12H25B. The molecule has 1 aliphatic heterocycles. The standard InChI is InChI=1S/C12H25B/c1-3-5-6-7-8-12-9-10-13(4-2)11-12/h12H,3-11H2,1-2H3. The molecule has 1 atom stereocenters. The molecule has 0 nitrogen and oxygen atoms in total. The Bertz CT molecular complexity index is 122. The fourth-order valence-electron chi connectivity index (χ4n) is 2.67. The van der Waals surface area contributed by atoms with Gasteiger partial charge in [-0.1, -0.05) is 71.3 Å². The summed E-state index contributed by atoms with van der Waals surface area (Å²) in [7, 11) is 0. The van der Waals surface area contributed by atoms with Crippen LogP contribution >= 0.6 is 0 Å². The second-order valence-corrected chi connectivity index (χ2v) is 4.80. The predicted octanol–water partition coefficient (Wildman–Crippen LogP) is 4.49. The number of hydrogen-bond acceptors (Lipinski definition) is 0. The second-order valence-electron chi connectivity index (χ2n) is 4.80. The maximum absolute atomic E-state index is 2.35. The zero-order valence-corrected chi connectivity index (χ0v) is 9.52. The van der Waals surface area contributed by atoms with Gasteiger partial charge < -0.3 is 0 Å². The Morgan fingerprint density at radius 1 is 1.15 bits per heavy atom. The zero-order chi connectivity index (χ0) is 9.52. The SMILES string of the molecule is CCCCCCC1CCB(CC)C1. The average molecular weight is 180 g/mol. The number of rotatable bonds is 6. The van der Waals surface area contributed by atoms with Crippen LogP contribution in [-0.2, 0) is 0 Å². The van der Waals surface area contributed by atoms with Gasteiger partial charge in [0.2, 0.25) is 0 Å². The van der Waals surface area contributed by atoms with Gasteiger partial charge in [0.1, 0.15) is 6.71 Å². The molecule has 1 aliphatic rings. The quantitative estimate of drug-likeness (QED) is 0.417. The fourth-order valence-corrected chi connectivity index (χ4v) is 2.67. The van der Waals surface area contributed by atoms with E-state index in [-0.39, 0.29) is 0 Å². The first-order valence-electron chi connectivity index (χ1n) is 6.36. The molecule has 0 aliphatic carbocycles. The van der Waals surface area contributed by atoms with Crippen LogP contribution in [0.3, 0.4) is 0 Å². The lowest BCUT2D eigenvalue weighted by atomic mass is 9.46. The first-order chi connectivity index (χ1) is 6.36. The van der Waals surface area contributed by atoms with Crippen molar-refractivity contribution in [1.29, 1.82) is 0 Å². The van der Waals surface area contributed by atoms with E-state index in [9.17, 15) is 0 Å². The monoisotopic (exact) mass is 180 g/mol. The van der Waals surface area contributed by atoms with Gasteiger partial charge in [-0.3, -0.25) is 0 Å². The van der Waals surface area contributed by atoms with Crippen LogP contribution in [0.25, 0.3) is 0 Å². The van der Waals surface area contributed by atoms with E-state index in [1.54, 1.807) is 6.32 Å². The van der Waals surface area contributed by atoms with Gasteiger partial charge >= 0.3 is 0 Å². The van der Waals surface area contributed by atoms with Crippen LogP contribution in [0.2, 0.25) is 19.0 Å². The minimum absolute atomic E-state index is 1.08. The summed E-state index contributed by atoms with van der Waals surface area (Å²) in [5.74, 6) is 1.10. The van der Waals surface area contributed by atoms with Crippen LogP contribution < -0.4 is 0 Å². The first kappa shape index (κ1) is 11.1. The third-order valence-electron chi connectivity index (χ3n) is 3.69. The fraction of sp³-hybridized carbons (Fsp3) is 1.00. The van der Waals surface area contributed by atoms with Gasteiger partial charge in [0, 0.05) is 0 Å². The molecule has 0 bridgehead atoms. The molecule has 0 aromatic rings. The minimum Gasteiger partial charge on any atom is -0.0770 e. The van der Waals surface area contributed by atoms with Crippen molar-refractivity contribution in [1.82, 2.24) is 0 Å². The summed E-state index contributed by atoms with van der Waals surface area (Å²) in [6.45, 7) is 5.73. The van der Waals surface area contributed by atoms with Gasteiger partial charge in [-0.25, -0.2) is 0 Å². The van der Waals surface area contributed by atoms with E-state index in [1.165, 1.54) is 51.2 Å². The van der Waals surface area contributed by atoms with Crippen molar-refractivity contribution in [2.24, 2.45) is 5.92 Å². The lowest BCUT2D eigenvalue weighted by molar-refractivity contribution is 0.493. The molecule has 0 aromatic heterocycles. The molecule has 0 aromatic carbocycles. The van der Waals surface area contributed by atoms with E-state index in [4.69, 9.17) is 0 Å². The molecule has 76 valence electrons. The van der Waals surface area contributed by atoms with E-state index in [0.717, 1.165) is 12.6 Å². The van der Waals surface area contributed by atoms with E-state index < -0.39 is 0 Å². The van der Waals surface area contributed by atoms with Gasteiger partial charge in [0.25, 0.3) is 0 Å². The van der Waals surface area contributed by atoms with E-state index >= 15 is 0 Å². The van der Waals surface area contributed by atoms with Crippen LogP contribution in [0.1, 0.15) is 52.4 Å². The van der Waals surface area contributed by atoms with Crippen LogP contribution in [0.15, 0.2) is 0 Å². The van der Waals surface area contributed by atoms with Crippen molar-refractivity contribution in [2.75, 3.05) is 0 Å². The van der Waals surface area contributed by atoms with Crippen molar-refractivity contribution < 1.29 is 0 Å². The zero-order valence-electron chi connectivity index (χ0n) is 9.52. The highest BCUT2D eigenvalue weighted by Gasteiger charge is 2.24. The summed E-state index contributed by atoms with van der Waals surface area (Å²) in [6.07, 6.45) is 13.3. The smallest absolute Gasteiger partial charge is 0.0770 e. The first-order valence-corrected chi connectivity index (χ1v) is 6.36. The normalized spacial score (nSPS) is 22.6. The Morgan fingerprint density at radius 2 is 2.00 bits per heavy atom. The highest BCUT2D eigenvalue weighted by molar-refractivity contribution is 6.59. The van der Waals surface area contributed by atoms with Crippen molar-refractivity contribution in [3.63, 3.8) is 0 Å². The molecule has 1 rings (SSSR count). The van der Waals surface area contributed by atoms with Gasteiger partial charge in [0.05, 0.1) is 0 Å². The Hall–Kier alpha value is 0.0649. The predicted molar refractivity (Wildman–Crippen MR) is 62.7 cm³/mol. The van der Waals surface area contributed by atoms with E-state index in [2.05, 4.69) is 13.8 Å². The maximum atomic E-state index is 2.35. The van der Waals surface area contributed by atoms with Gasteiger partial charge in [-0.05, 0) is 5.92 Å². The third kappa shape index (κ3) is 4.20. The minimum atomic E-state index is 1.08. The van der Waals surface area contributed by atoms with Crippen molar-refractivity contribution in [3.8, 4) is 0 Å². The summed E-state index contributed by atoms with van der Waals surface area (Å²) in [4.78, 5) is 0. The molecular weight excluding hydrogens is 155 g/mol. The summed E-state index contributed by atoms with van der Waals surface area (Å²) < 4.78 is 0. The van der Waals surface area contributed by atoms with Gasteiger partial charge in [0.15, 0.2) is 0 Å². The maximum Gasteiger partial charge on any atom is 0.139 e. The van der Waals surface area contributed by atoms with Crippen LogP contribution in [0.5, 0.6) is 0 Å². The van der Waals surface area contributed by atoms with E-state index in [0.29, 0.717) is 0 Å². The van der Waals surface area contributed by atoms with Gasteiger partial charge in [-0.2, -0.15) is 0 Å². The Balaban J connectivity index is 1.97. The molecule has 1 heteroatoms.